The molecular weight excluding hydrogens is 382 g/mol. The molecule has 152 valence electrons. The minimum atomic E-state index is -1.07. The van der Waals surface area contributed by atoms with E-state index in [4.69, 9.17) is 4.74 Å². The third-order valence-corrected chi connectivity index (χ3v) is 5.45. The fraction of sp³-hybridized carbons (Fsp3) is 0.400. The highest BCUT2D eigenvalue weighted by molar-refractivity contribution is 5.97. The van der Waals surface area contributed by atoms with Gasteiger partial charge in [-0.15, -0.1) is 0 Å². The van der Waals surface area contributed by atoms with E-state index in [2.05, 4.69) is 27.5 Å². The summed E-state index contributed by atoms with van der Waals surface area (Å²) < 4.78 is 32.3. The van der Waals surface area contributed by atoms with Crippen molar-refractivity contribution in [2.45, 2.75) is 44.7 Å². The second-order valence-electron chi connectivity index (χ2n) is 7.85. The Bertz CT molecular complexity index is 974. The minimum absolute atomic E-state index is 0.177. The SMILES string of the molecule is Cc1cc(F)c(NC(=O)OC(=O)C23CC(C)CC(C2)N3)cc1-c1ncc(F)cn1. The molecule has 5 rings (SSSR count). The number of piperidine rings is 1. The van der Waals surface area contributed by atoms with Crippen LogP contribution in [0.3, 0.4) is 0 Å². The maximum absolute atomic E-state index is 14.3. The summed E-state index contributed by atoms with van der Waals surface area (Å²) in [6.45, 7) is 3.69. The number of esters is 1. The number of hydrogen-bond donors (Lipinski definition) is 2. The molecule has 1 aromatic carbocycles. The molecule has 7 nitrogen and oxygen atoms in total. The molecule has 3 aliphatic rings. The molecular formula is C20H20F2N4O3. The van der Waals surface area contributed by atoms with Crippen LogP contribution in [0.4, 0.5) is 19.3 Å². The fourth-order valence-electron chi connectivity index (χ4n) is 4.24. The van der Waals surface area contributed by atoms with Crippen molar-refractivity contribution >= 4 is 17.7 Å². The lowest BCUT2D eigenvalue weighted by atomic mass is 9.66. The topological polar surface area (TPSA) is 93.2 Å². The summed E-state index contributed by atoms with van der Waals surface area (Å²) in [5.41, 5.74) is -0.107. The van der Waals surface area contributed by atoms with Crippen LogP contribution in [0.15, 0.2) is 24.5 Å². The standard InChI is InChI=1S/C20H20F2N4O3/c1-10-3-13-7-20(6-10,26-13)18(27)29-19(28)25-16-5-14(11(2)4-15(16)22)17-23-8-12(21)9-24-17/h4-5,8-10,13,26H,3,6-7H2,1-2H3,(H,25,28). The molecule has 3 fully saturated rings. The van der Waals surface area contributed by atoms with Gasteiger partial charge in [-0.2, -0.15) is 0 Å². The number of carbonyl (C=O) groups is 2. The van der Waals surface area contributed by atoms with Crippen LogP contribution in [-0.4, -0.2) is 33.6 Å². The van der Waals surface area contributed by atoms with Gasteiger partial charge in [-0.05, 0) is 49.8 Å². The second-order valence-corrected chi connectivity index (χ2v) is 7.85. The van der Waals surface area contributed by atoms with Crippen LogP contribution in [0.1, 0.15) is 31.7 Å². The quantitative estimate of drug-likeness (QED) is 0.604. The highest BCUT2D eigenvalue weighted by atomic mass is 19.1. The van der Waals surface area contributed by atoms with E-state index < -0.39 is 29.2 Å². The Labute approximate surface area is 165 Å². The van der Waals surface area contributed by atoms with Gasteiger partial charge in [0.05, 0.1) is 18.1 Å². The van der Waals surface area contributed by atoms with Gasteiger partial charge in [0.1, 0.15) is 11.4 Å². The molecule has 29 heavy (non-hydrogen) atoms. The smallest absolute Gasteiger partial charge is 0.375 e. The summed E-state index contributed by atoms with van der Waals surface area (Å²) in [5.74, 6) is -1.43. The van der Waals surface area contributed by atoms with E-state index in [-0.39, 0.29) is 17.6 Å². The monoisotopic (exact) mass is 402 g/mol. The largest absolute Gasteiger partial charge is 0.419 e. The average Bonchev–Trinajstić information content (AvgIpc) is 2.63. The maximum Gasteiger partial charge on any atom is 0.419 e. The number of aromatic nitrogens is 2. The number of hydrogen-bond acceptors (Lipinski definition) is 6. The molecule has 2 N–H and O–H groups in total. The fourth-order valence-corrected chi connectivity index (χ4v) is 4.24. The van der Waals surface area contributed by atoms with E-state index in [9.17, 15) is 18.4 Å². The molecule has 0 spiro atoms. The van der Waals surface area contributed by atoms with Crippen LogP contribution < -0.4 is 10.6 Å². The number of anilines is 1. The van der Waals surface area contributed by atoms with Gasteiger partial charge >= 0.3 is 12.1 Å². The van der Waals surface area contributed by atoms with Gasteiger partial charge in [0.2, 0.25) is 0 Å². The molecule has 9 heteroatoms. The molecule has 1 saturated carbocycles. The van der Waals surface area contributed by atoms with Crippen LogP contribution in [0.2, 0.25) is 0 Å². The summed E-state index contributed by atoms with van der Waals surface area (Å²) in [7, 11) is 0. The number of amides is 1. The van der Waals surface area contributed by atoms with Crippen LogP contribution in [0.5, 0.6) is 0 Å². The van der Waals surface area contributed by atoms with Crippen molar-refractivity contribution in [2.24, 2.45) is 5.92 Å². The van der Waals surface area contributed by atoms with Crippen molar-refractivity contribution in [3.63, 3.8) is 0 Å². The predicted octanol–water partition coefficient (Wildman–Crippen LogP) is 3.34. The molecule has 2 aromatic rings. The zero-order chi connectivity index (χ0) is 20.8. The third kappa shape index (κ3) is 3.69. The molecule has 0 radical (unpaired) electrons. The lowest BCUT2D eigenvalue weighted by Crippen LogP contribution is -2.72. The van der Waals surface area contributed by atoms with Crippen LogP contribution >= 0.6 is 0 Å². The molecule has 1 amide bonds. The highest BCUT2D eigenvalue weighted by Crippen LogP contribution is 2.42. The zero-order valence-corrected chi connectivity index (χ0v) is 16.0. The Hall–Kier alpha value is -2.94. The number of nitrogens with one attached hydrogen (secondary N) is 2. The molecule has 2 aliphatic heterocycles. The summed E-state index contributed by atoms with van der Waals surface area (Å²) in [4.78, 5) is 32.4. The van der Waals surface area contributed by atoms with E-state index in [1.54, 1.807) is 6.92 Å². The first-order valence-corrected chi connectivity index (χ1v) is 9.35. The number of ether oxygens (including phenoxy) is 1. The van der Waals surface area contributed by atoms with E-state index >= 15 is 0 Å². The first-order valence-electron chi connectivity index (χ1n) is 9.35. The van der Waals surface area contributed by atoms with Crippen molar-refractivity contribution < 1.29 is 23.1 Å². The molecule has 2 saturated heterocycles. The Morgan fingerprint density at radius 3 is 2.59 bits per heavy atom. The number of halogens is 2. The zero-order valence-electron chi connectivity index (χ0n) is 16.0. The summed E-state index contributed by atoms with van der Waals surface area (Å²) in [5, 5.41) is 5.43. The summed E-state index contributed by atoms with van der Waals surface area (Å²) in [6.07, 6.45) is 3.14. The number of carbonyl (C=O) groups excluding carboxylic acids is 2. The maximum atomic E-state index is 14.3. The molecule has 1 aromatic heterocycles. The van der Waals surface area contributed by atoms with Crippen molar-refractivity contribution in [3.05, 3.63) is 41.7 Å². The van der Waals surface area contributed by atoms with Crippen LogP contribution in [0.25, 0.3) is 11.4 Å². The van der Waals surface area contributed by atoms with Crippen molar-refractivity contribution in [1.29, 1.82) is 0 Å². The van der Waals surface area contributed by atoms with Gasteiger partial charge in [-0.25, -0.2) is 28.3 Å². The van der Waals surface area contributed by atoms with Gasteiger partial charge in [0.25, 0.3) is 0 Å². The number of nitrogens with zero attached hydrogens (tertiary/aromatic N) is 2. The Kier molecular flexibility index (Phi) is 4.77. The van der Waals surface area contributed by atoms with E-state index in [1.165, 1.54) is 12.1 Å². The highest BCUT2D eigenvalue weighted by Gasteiger charge is 2.55. The Morgan fingerprint density at radius 1 is 1.24 bits per heavy atom. The van der Waals surface area contributed by atoms with E-state index in [0.29, 0.717) is 29.9 Å². The van der Waals surface area contributed by atoms with Gasteiger partial charge in [0.15, 0.2) is 11.6 Å². The van der Waals surface area contributed by atoms with E-state index in [1.807, 2.05) is 0 Å². The number of fused-ring (bicyclic) bond motifs is 2. The van der Waals surface area contributed by atoms with Crippen molar-refractivity contribution in [2.75, 3.05) is 5.32 Å². The third-order valence-electron chi connectivity index (χ3n) is 5.45. The number of aryl methyl sites for hydroxylation is 1. The Morgan fingerprint density at radius 2 is 1.93 bits per heavy atom. The first kappa shape index (κ1) is 19.4. The van der Waals surface area contributed by atoms with E-state index in [0.717, 1.165) is 18.8 Å². The van der Waals surface area contributed by atoms with Crippen LogP contribution in [-0.2, 0) is 9.53 Å². The summed E-state index contributed by atoms with van der Waals surface area (Å²) in [6, 6.07) is 2.78. The normalized spacial score (nSPS) is 25.1. The number of benzene rings is 1. The second kappa shape index (κ2) is 7.14. The molecule has 3 unspecified atom stereocenters. The lowest BCUT2D eigenvalue weighted by molar-refractivity contribution is -0.154. The Balaban J connectivity index is 1.49. The van der Waals surface area contributed by atoms with Gasteiger partial charge in [-0.1, -0.05) is 6.92 Å². The lowest BCUT2D eigenvalue weighted by Gasteiger charge is -2.53. The molecule has 3 atom stereocenters. The van der Waals surface area contributed by atoms with Crippen LogP contribution in [0, 0.1) is 24.5 Å². The predicted molar refractivity (Wildman–Crippen MR) is 99.9 cm³/mol. The minimum Gasteiger partial charge on any atom is -0.375 e. The molecule has 1 aliphatic carbocycles. The number of rotatable bonds is 3. The van der Waals surface area contributed by atoms with Gasteiger partial charge in [-0.3, -0.25) is 10.6 Å². The van der Waals surface area contributed by atoms with Gasteiger partial charge in [0, 0.05) is 11.6 Å². The van der Waals surface area contributed by atoms with Crippen molar-refractivity contribution in [3.8, 4) is 11.4 Å². The average molecular weight is 402 g/mol. The molecule has 3 heterocycles. The van der Waals surface area contributed by atoms with Crippen molar-refractivity contribution in [1.82, 2.24) is 15.3 Å². The molecule has 2 bridgehead atoms. The first-order chi connectivity index (χ1) is 13.8. The summed E-state index contributed by atoms with van der Waals surface area (Å²) >= 11 is 0. The van der Waals surface area contributed by atoms with Gasteiger partial charge < -0.3 is 4.74 Å².